The van der Waals surface area contributed by atoms with Gasteiger partial charge in [0.25, 0.3) is 5.91 Å². The van der Waals surface area contributed by atoms with Crippen molar-refractivity contribution in [1.29, 1.82) is 0 Å². The molecule has 2 atom stereocenters. The van der Waals surface area contributed by atoms with Crippen molar-refractivity contribution >= 4 is 5.91 Å². The molecule has 2 rings (SSSR count). The van der Waals surface area contributed by atoms with E-state index >= 15 is 0 Å². The van der Waals surface area contributed by atoms with E-state index in [0.29, 0.717) is 17.7 Å². The molecule has 1 aliphatic carbocycles. The average Bonchev–Trinajstić information content (AvgIpc) is 2.75. The number of aromatic nitrogens is 2. The predicted octanol–water partition coefficient (Wildman–Crippen LogP) is 1.65. The maximum Gasteiger partial charge on any atom is 0.255 e. The largest absolute Gasteiger partial charge is 0.346 e. The van der Waals surface area contributed by atoms with Gasteiger partial charge < -0.3 is 5.32 Å². The van der Waals surface area contributed by atoms with Crippen molar-refractivity contribution in [2.24, 2.45) is 0 Å². The number of H-pyrrole nitrogens is 1. The molecule has 0 bridgehead atoms. The lowest BCUT2D eigenvalue weighted by atomic mass is 10.1. The van der Waals surface area contributed by atoms with E-state index in [4.69, 9.17) is 0 Å². The molecule has 0 aliphatic heterocycles. The Morgan fingerprint density at radius 3 is 2.75 bits per heavy atom. The van der Waals surface area contributed by atoms with Crippen LogP contribution in [0.15, 0.2) is 0 Å². The number of amides is 1. The van der Waals surface area contributed by atoms with E-state index in [1.165, 1.54) is 0 Å². The Kier molecular flexibility index (Phi) is 2.94. The third kappa shape index (κ3) is 1.94. The second kappa shape index (κ2) is 4.23. The van der Waals surface area contributed by atoms with Gasteiger partial charge in [0.2, 0.25) is 0 Å². The van der Waals surface area contributed by atoms with Gasteiger partial charge >= 0.3 is 0 Å². The van der Waals surface area contributed by atoms with Crippen molar-refractivity contribution in [1.82, 2.24) is 15.5 Å². The molecule has 1 fully saturated rings. The van der Waals surface area contributed by atoms with Crippen molar-refractivity contribution in [2.75, 3.05) is 0 Å². The summed E-state index contributed by atoms with van der Waals surface area (Å²) in [6, 6.07) is -0.332. The number of nitrogens with one attached hydrogen (secondary N) is 2. The molecule has 2 unspecified atom stereocenters. The summed E-state index contributed by atoms with van der Waals surface area (Å²) in [5.74, 6) is -0.224. The number of alkyl halides is 1. The van der Waals surface area contributed by atoms with Gasteiger partial charge in [0.05, 0.1) is 17.3 Å². The first-order valence-corrected chi connectivity index (χ1v) is 5.56. The van der Waals surface area contributed by atoms with E-state index in [9.17, 15) is 9.18 Å². The number of carbonyl (C=O) groups excluding carboxylic acids is 1. The van der Waals surface area contributed by atoms with Gasteiger partial charge in [0.15, 0.2) is 0 Å². The summed E-state index contributed by atoms with van der Waals surface area (Å²) >= 11 is 0. The first-order chi connectivity index (χ1) is 7.59. The first-order valence-electron chi connectivity index (χ1n) is 5.56. The molecule has 1 amide bonds. The highest BCUT2D eigenvalue weighted by Crippen LogP contribution is 2.22. The minimum absolute atomic E-state index is 0.224. The molecule has 2 N–H and O–H groups in total. The SMILES string of the molecule is Cc1n[nH]c(C)c1C(=O)NC1CCCC1F. The number of nitrogens with zero attached hydrogens (tertiary/aromatic N) is 1. The molecule has 5 heteroatoms. The van der Waals surface area contributed by atoms with Crippen molar-refractivity contribution < 1.29 is 9.18 Å². The van der Waals surface area contributed by atoms with Gasteiger partial charge in [-0.25, -0.2) is 4.39 Å². The zero-order chi connectivity index (χ0) is 11.7. The van der Waals surface area contributed by atoms with Crippen molar-refractivity contribution in [3.8, 4) is 0 Å². The van der Waals surface area contributed by atoms with Crippen LogP contribution in [0.4, 0.5) is 4.39 Å². The van der Waals surface area contributed by atoms with Gasteiger partial charge in [-0.15, -0.1) is 0 Å². The summed E-state index contributed by atoms with van der Waals surface area (Å²) in [7, 11) is 0. The van der Waals surface area contributed by atoms with Crippen molar-refractivity contribution in [3.05, 3.63) is 17.0 Å². The second-order valence-electron chi connectivity index (χ2n) is 4.34. The number of aryl methyl sites for hydroxylation is 2. The lowest BCUT2D eigenvalue weighted by molar-refractivity contribution is 0.0918. The minimum Gasteiger partial charge on any atom is -0.346 e. The van der Waals surface area contributed by atoms with Crippen LogP contribution in [0.3, 0.4) is 0 Å². The highest BCUT2D eigenvalue weighted by molar-refractivity contribution is 5.96. The van der Waals surface area contributed by atoms with Crippen LogP contribution in [-0.4, -0.2) is 28.3 Å². The van der Waals surface area contributed by atoms with E-state index < -0.39 is 6.17 Å². The fraction of sp³-hybridized carbons (Fsp3) is 0.636. The zero-order valence-corrected chi connectivity index (χ0v) is 9.51. The molecule has 0 spiro atoms. The Morgan fingerprint density at radius 2 is 2.25 bits per heavy atom. The lowest BCUT2D eigenvalue weighted by Crippen LogP contribution is -2.38. The van der Waals surface area contributed by atoms with Gasteiger partial charge in [-0.2, -0.15) is 5.10 Å². The Morgan fingerprint density at radius 1 is 1.50 bits per heavy atom. The quantitative estimate of drug-likeness (QED) is 0.804. The summed E-state index contributed by atoms with van der Waals surface area (Å²) in [5, 5.41) is 9.44. The van der Waals surface area contributed by atoms with E-state index in [1.54, 1.807) is 13.8 Å². The molecule has 0 aromatic carbocycles. The van der Waals surface area contributed by atoms with Crippen LogP contribution >= 0.6 is 0 Å². The Labute approximate surface area is 93.6 Å². The molecular formula is C11H16FN3O. The highest BCUT2D eigenvalue weighted by Gasteiger charge is 2.29. The number of aromatic amines is 1. The van der Waals surface area contributed by atoms with Crippen LogP contribution in [0, 0.1) is 13.8 Å². The smallest absolute Gasteiger partial charge is 0.255 e. The fourth-order valence-electron chi connectivity index (χ4n) is 2.20. The van der Waals surface area contributed by atoms with Crippen molar-refractivity contribution in [2.45, 2.75) is 45.3 Å². The van der Waals surface area contributed by atoms with Crippen molar-refractivity contribution in [3.63, 3.8) is 0 Å². The highest BCUT2D eigenvalue weighted by atomic mass is 19.1. The number of rotatable bonds is 2. The van der Waals surface area contributed by atoms with Crippen LogP contribution in [0.1, 0.15) is 41.0 Å². The lowest BCUT2D eigenvalue weighted by Gasteiger charge is -2.14. The molecule has 4 nitrogen and oxygen atoms in total. The monoisotopic (exact) mass is 225 g/mol. The third-order valence-electron chi connectivity index (χ3n) is 3.10. The Hall–Kier alpha value is -1.39. The summed E-state index contributed by atoms with van der Waals surface area (Å²) in [6.07, 6.45) is 1.21. The molecule has 1 aliphatic rings. The topological polar surface area (TPSA) is 57.8 Å². The van der Waals surface area contributed by atoms with E-state index in [1.807, 2.05) is 0 Å². The normalized spacial score (nSPS) is 24.7. The summed E-state index contributed by atoms with van der Waals surface area (Å²) in [6.45, 7) is 3.55. The zero-order valence-electron chi connectivity index (χ0n) is 9.51. The molecule has 0 radical (unpaired) electrons. The van der Waals surface area contributed by atoms with Gasteiger partial charge in [-0.1, -0.05) is 0 Å². The summed E-state index contributed by atoms with van der Waals surface area (Å²) in [5.41, 5.74) is 1.92. The first kappa shape index (κ1) is 11.1. The van der Waals surface area contributed by atoms with Crippen LogP contribution in [0.25, 0.3) is 0 Å². The summed E-state index contributed by atoms with van der Waals surface area (Å²) in [4.78, 5) is 11.9. The molecule has 1 heterocycles. The Balaban J connectivity index is 2.08. The maximum atomic E-state index is 13.4. The van der Waals surface area contributed by atoms with Gasteiger partial charge in [-0.05, 0) is 33.1 Å². The van der Waals surface area contributed by atoms with Crippen LogP contribution < -0.4 is 5.32 Å². The van der Waals surface area contributed by atoms with Crippen LogP contribution in [-0.2, 0) is 0 Å². The third-order valence-corrected chi connectivity index (χ3v) is 3.10. The van der Waals surface area contributed by atoms with Crippen LogP contribution in [0.2, 0.25) is 0 Å². The van der Waals surface area contributed by atoms with Crippen LogP contribution in [0.5, 0.6) is 0 Å². The number of hydrogen-bond acceptors (Lipinski definition) is 2. The van der Waals surface area contributed by atoms with Gasteiger partial charge in [0, 0.05) is 5.69 Å². The fourth-order valence-corrected chi connectivity index (χ4v) is 2.20. The second-order valence-corrected chi connectivity index (χ2v) is 4.34. The Bertz CT molecular complexity index is 382. The maximum absolute atomic E-state index is 13.4. The van der Waals surface area contributed by atoms with Gasteiger partial charge in [-0.3, -0.25) is 9.89 Å². The molecule has 1 aromatic rings. The number of carbonyl (C=O) groups is 1. The molecule has 88 valence electrons. The number of hydrogen-bond donors (Lipinski definition) is 2. The molecule has 0 saturated heterocycles. The van der Waals surface area contributed by atoms with E-state index in [0.717, 1.165) is 18.5 Å². The van der Waals surface area contributed by atoms with Gasteiger partial charge in [0.1, 0.15) is 6.17 Å². The number of halogens is 1. The van der Waals surface area contributed by atoms with E-state index in [-0.39, 0.29) is 11.9 Å². The average molecular weight is 225 g/mol. The van der Waals surface area contributed by atoms with E-state index in [2.05, 4.69) is 15.5 Å². The molecule has 16 heavy (non-hydrogen) atoms. The minimum atomic E-state index is -0.906. The molecular weight excluding hydrogens is 209 g/mol. The summed E-state index contributed by atoms with van der Waals surface area (Å²) < 4.78 is 13.4. The molecule has 1 aromatic heterocycles. The standard InChI is InChI=1S/C11H16FN3O/c1-6-10(7(2)15-14-6)11(16)13-9-5-3-4-8(9)12/h8-9H,3-5H2,1-2H3,(H,13,16)(H,14,15). The predicted molar refractivity (Wildman–Crippen MR) is 58.1 cm³/mol. The molecule has 1 saturated carbocycles.